The third-order valence-electron chi connectivity index (χ3n) is 4.96. The molecule has 0 aliphatic carbocycles. The van der Waals surface area contributed by atoms with E-state index in [2.05, 4.69) is 31.2 Å². The normalized spacial score (nSPS) is 11.8. The van der Waals surface area contributed by atoms with Gasteiger partial charge in [0.25, 0.3) is 0 Å². The molecular weight excluding hydrogens is 348 g/mol. The molecule has 0 unspecified atom stereocenters. The van der Waals surface area contributed by atoms with Crippen LogP contribution in [0.2, 0.25) is 0 Å². The van der Waals surface area contributed by atoms with E-state index in [1.54, 1.807) is 0 Å². The van der Waals surface area contributed by atoms with Crippen molar-refractivity contribution in [3.63, 3.8) is 0 Å². The Bertz CT molecular complexity index is 902. The first-order chi connectivity index (χ1) is 13.6. The van der Waals surface area contributed by atoms with Crippen LogP contribution in [0.5, 0.6) is 5.75 Å². The molecule has 3 rings (SSSR count). The van der Waals surface area contributed by atoms with Crippen LogP contribution in [0.4, 0.5) is 0 Å². The molecule has 0 bridgehead atoms. The summed E-state index contributed by atoms with van der Waals surface area (Å²) in [5.74, 6) is 0.253. The van der Waals surface area contributed by atoms with Crippen LogP contribution in [0.15, 0.2) is 78.9 Å². The molecular formula is C25H26O3. The van der Waals surface area contributed by atoms with E-state index in [9.17, 15) is 4.79 Å². The third kappa shape index (κ3) is 5.71. The monoisotopic (exact) mass is 374 g/mol. The topological polar surface area (TPSA) is 46.5 Å². The highest BCUT2D eigenvalue weighted by Crippen LogP contribution is 2.29. The van der Waals surface area contributed by atoms with Gasteiger partial charge >= 0.3 is 5.97 Å². The van der Waals surface area contributed by atoms with Gasteiger partial charge in [-0.15, -0.1) is 0 Å². The van der Waals surface area contributed by atoms with Crippen LogP contribution >= 0.6 is 0 Å². The Morgan fingerprint density at radius 1 is 0.929 bits per heavy atom. The van der Waals surface area contributed by atoms with E-state index in [-0.39, 0.29) is 12.3 Å². The van der Waals surface area contributed by atoms with Crippen LogP contribution in [0.1, 0.15) is 41.0 Å². The number of ether oxygens (including phenoxy) is 1. The lowest BCUT2D eigenvalue weighted by Gasteiger charge is -2.19. The van der Waals surface area contributed by atoms with Crippen molar-refractivity contribution in [1.29, 1.82) is 0 Å². The van der Waals surface area contributed by atoms with E-state index in [4.69, 9.17) is 9.84 Å². The number of aryl methyl sites for hydroxylation is 1. The summed E-state index contributed by atoms with van der Waals surface area (Å²) in [6.45, 7) is 2.62. The number of carboxylic acid groups (broad SMARTS) is 1. The second-order valence-electron chi connectivity index (χ2n) is 7.11. The molecule has 0 saturated heterocycles. The lowest BCUT2D eigenvalue weighted by atomic mass is 9.86. The van der Waals surface area contributed by atoms with Gasteiger partial charge in [0.1, 0.15) is 12.4 Å². The van der Waals surface area contributed by atoms with Crippen LogP contribution in [-0.2, 0) is 17.8 Å². The average Bonchev–Trinajstić information content (AvgIpc) is 2.71. The fourth-order valence-corrected chi connectivity index (χ4v) is 3.50. The number of aliphatic carboxylic acids is 1. The Hall–Kier alpha value is -3.07. The highest BCUT2D eigenvalue weighted by Gasteiger charge is 2.16. The lowest BCUT2D eigenvalue weighted by molar-refractivity contribution is -0.137. The number of hydrogen-bond donors (Lipinski definition) is 1. The van der Waals surface area contributed by atoms with E-state index in [0.717, 1.165) is 23.3 Å². The van der Waals surface area contributed by atoms with Gasteiger partial charge < -0.3 is 9.84 Å². The highest BCUT2D eigenvalue weighted by atomic mass is 16.5. The average molecular weight is 374 g/mol. The SMILES string of the molecule is Cc1ccccc1[C@@H](CCC(=O)O)Cc1cccc(OCc2ccccc2)c1. The van der Waals surface area contributed by atoms with Gasteiger partial charge in [0.05, 0.1) is 0 Å². The lowest BCUT2D eigenvalue weighted by Crippen LogP contribution is -2.08. The summed E-state index contributed by atoms with van der Waals surface area (Å²) in [5, 5.41) is 9.15. The van der Waals surface area contributed by atoms with Crippen molar-refractivity contribution in [2.45, 2.75) is 38.7 Å². The number of rotatable bonds is 9. The first-order valence-corrected chi connectivity index (χ1v) is 9.65. The quantitative estimate of drug-likeness (QED) is 0.517. The Morgan fingerprint density at radius 3 is 2.39 bits per heavy atom. The third-order valence-corrected chi connectivity index (χ3v) is 4.96. The van der Waals surface area contributed by atoms with Crippen LogP contribution < -0.4 is 4.74 Å². The van der Waals surface area contributed by atoms with E-state index in [0.29, 0.717) is 13.0 Å². The Balaban J connectivity index is 1.73. The van der Waals surface area contributed by atoms with Gasteiger partial charge in [-0.1, -0.05) is 66.7 Å². The molecule has 28 heavy (non-hydrogen) atoms. The summed E-state index contributed by atoms with van der Waals surface area (Å²) in [6.07, 6.45) is 1.58. The molecule has 1 atom stereocenters. The summed E-state index contributed by atoms with van der Waals surface area (Å²) in [7, 11) is 0. The largest absolute Gasteiger partial charge is 0.489 e. The molecule has 0 aliphatic rings. The molecule has 3 aromatic carbocycles. The summed E-state index contributed by atoms with van der Waals surface area (Å²) in [6, 6.07) is 26.4. The maximum atomic E-state index is 11.1. The molecule has 1 N–H and O–H groups in total. The first kappa shape index (κ1) is 19.7. The maximum Gasteiger partial charge on any atom is 0.303 e. The molecule has 144 valence electrons. The molecule has 0 fully saturated rings. The minimum absolute atomic E-state index is 0.168. The molecule has 0 spiro atoms. The smallest absolute Gasteiger partial charge is 0.303 e. The van der Waals surface area contributed by atoms with Crippen molar-refractivity contribution < 1.29 is 14.6 Å². The van der Waals surface area contributed by atoms with Crippen molar-refractivity contribution in [2.75, 3.05) is 0 Å². The van der Waals surface area contributed by atoms with Crippen molar-refractivity contribution >= 4 is 5.97 Å². The zero-order chi connectivity index (χ0) is 19.8. The Morgan fingerprint density at radius 2 is 1.64 bits per heavy atom. The fraction of sp³-hybridized carbons (Fsp3) is 0.240. The molecule has 3 aromatic rings. The summed E-state index contributed by atoms with van der Waals surface area (Å²) in [4.78, 5) is 11.1. The van der Waals surface area contributed by atoms with E-state index >= 15 is 0 Å². The first-order valence-electron chi connectivity index (χ1n) is 9.65. The minimum Gasteiger partial charge on any atom is -0.489 e. The zero-order valence-electron chi connectivity index (χ0n) is 16.2. The van der Waals surface area contributed by atoms with Gasteiger partial charge in [-0.25, -0.2) is 0 Å². The van der Waals surface area contributed by atoms with Gasteiger partial charge in [0.2, 0.25) is 0 Å². The molecule has 0 heterocycles. The summed E-state index contributed by atoms with van der Waals surface area (Å²) < 4.78 is 5.95. The van der Waals surface area contributed by atoms with Crippen LogP contribution in [0, 0.1) is 6.92 Å². The van der Waals surface area contributed by atoms with Crippen molar-refractivity contribution in [3.05, 3.63) is 101 Å². The molecule has 3 heteroatoms. The minimum atomic E-state index is -0.751. The zero-order valence-corrected chi connectivity index (χ0v) is 16.2. The predicted molar refractivity (Wildman–Crippen MR) is 112 cm³/mol. The van der Waals surface area contributed by atoms with Gasteiger partial charge in [0.15, 0.2) is 0 Å². The van der Waals surface area contributed by atoms with Crippen LogP contribution in [0.25, 0.3) is 0 Å². The Labute approximate surface area is 166 Å². The standard InChI is InChI=1S/C25H26O3/c1-19-8-5-6-13-24(19)22(14-15-25(26)27)16-21-11-7-12-23(17-21)28-18-20-9-3-2-4-10-20/h2-13,17,22H,14-16,18H2,1H3,(H,26,27)/t22-/m0/s1. The van der Waals surface area contributed by atoms with Crippen molar-refractivity contribution in [3.8, 4) is 5.75 Å². The Kier molecular flexibility index (Phi) is 6.85. The molecule has 0 radical (unpaired) electrons. The number of benzene rings is 3. The second kappa shape index (κ2) is 9.75. The molecule has 0 amide bonds. The second-order valence-corrected chi connectivity index (χ2v) is 7.11. The molecule has 0 aromatic heterocycles. The van der Waals surface area contributed by atoms with Gasteiger partial charge in [-0.3, -0.25) is 4.79 Å². The molecule has 0 saturated carbocycles. The van der Waals surface area contributed by atoms with E-state index < -0.39 is 5.97 Å². The number of carboxylic acids is 1. The highest BCUT2D eigenvalue weighted by molar-refractivity contribution is 5.66. The van der Waals surface area contributed by atoms with Gasteiger partial charge in [-0.2, -0.15) is 0 Å². The maximum absolute atomic E-state index is 11.1. The van der Waals surface area contributed by atoms with E-state index in [1.165, 1.54) is 11.1 Å². The summed E-state index contributed by atoms with van der Waals surface area (Å²) >= 11 is 0. The number of hydrogen-bond acceptors (Lipinski definition) is 2. The predicted octanol–water partition coefficient (Wildman–Crippen LogP) is 5.77. The van der Waals surface area contributed by atoms with Crippen LogP contribution in [0.3, 0.4) is 0 Å². The summed E-state index contributed by atoms with van der Waals surface area (Å²) in [5.41, 5.74) is 4.71. The van der Waals surface area contributed by atoms with Crippen molar-refractivity contribution in [1.82, 2.24) is 0 Å². The van der Waals surface area contributed by atoms with Crippen molar-refractivity contribution in [2.24, 2.45) is 0 Å². The van der Waals surface area contributed by atoms with E-state index in [1.807, 2.05) is 54.6 Å². The molecule has 0 aliphatic heterocycles. The van der Waals surface area contributed by atoms with Crippen LogP contribution in [-0.4, -0.2) is 11.1 Å². The molecule has 3 nitrogen and oxygen atoms in total. The number of carbonyl (C=O) groups is 1. The fourth-order valence-electron chi connectivity index (χ4n) is 3.50. The van der Waals surface area contributed by atoms with Gasteiger partial charge in [-0.05, 0) is 60.1 Å². The van der Waals surface area contributed by atoms with Gasteiger partial charge in [0, 0.05) is 6.42 Å².